The van der Waals surface area contributed by atoms with Crippen molar-refractivity contribution < 1.29 is 0 Å². The molecule has 2 N–H and O–H groups in total. The summed E-state index contributed by atoms with van der Waals surface area (Å²) < 4.78 is 1.20. The maximum absolute atomic E-state index is 5.99. The molecule has 0 atom stereocenters. The highest BCUT2D eigenvalue weighted by Crippen LogP contribution is 2.32. The van der Waals surface area contributed by atoms with Gasteiger partial charge in [-0.25, -0.2) is 0 Å². The van der Waals surface area contributed by atoms with Gasteiger partial charge in [-0.3, -0.25) is 0 Å². The summed E-state index contributed by atoms with van der Waals surface area (Å²) in [6.07, 6.45) is 3.98. The second-order valence-corrected chi connectivity index (χ2v) is 5.14. The van der Waals surface area contributed by atoms with Gasteiger partial charge in [0.25, 0.3) is 0 Å². The van der Waals surface area contributed by atoms with Gasteiger partial charge in [-0.1, -0.05) is 0 Å². The fraction of sp³-hybridized carbons (Fsp3) is 0.455. The Hall–Kier alpha value is -0.450. The van der Waals surface area contributed by atoms with Gasteiger partial charge in [0.05, 0.1) is 11.4 Å². The molecule has 1 aliphatic carbocycles. The quantitative estimate of drug-likeness (QED) is 0.672. The summed E-state index contributed by atoms with van der Waals surface area (Å²) in [6.45, 7) is 0. The van der Waals surface area contributed by atoms with E-state index in [1.807, 2.05) is 6.07 Å². The Morgan fingerprint density at radius 1 is 1.43 bits per heavy atom. The number of hydrogen-bond acceptors (Lipinski definition) is 2. The minimum absolute atomic E-state index is 0.706. The van der Waals surface area contributed by atoms with Crippen LogP contribution >= 0.6 is 22.6 Å². The summed E-state index contributed by atoms with van der Waals surface area (Å²) in [5, 5.41) is 0. The standard InChI is InChI=1S/C11H15IN2/c1-14(9-3-2-4-9)11-6-5-8(12)7-10(11)13/h5-7,9H,2-4,13H2,1H3. The molecule has 1 aliphatic rings. The molecule has 14 heavy (non-hydrogen) atoms. The lowest BCUT2D eigenvalue weighted by Gasteiger charge is -2.37. The summed E-state index contributed by atoms with van der Waals surface area (Å²) in [4.78, 5) is 2.31. The third-order valence-corrected chi connectivity index (χ3v) is 3.66. The molecule has 2 nitrogen and oxygen atoms in total. The van der Waals surface area contributed by atoms with Gasteiger partial charge in [0.2, 0.25) is 0 Å². The fourth-order valence-electron chi connectivity index (χ4n) is 1.82. The molecule has 76 valence electrons. The maximum Gasteiger partial charge on any atom is 0.0600 e. The van der Waals surface area contributed by atoms with Gasteiger partial charge in [-0.05, 0) is 60.1 Å². The van der Waals surface area contributed by atoms with Crippen molar-refractivity contribution in [3.05, 3.63) is 21.8 Å². The average Bonchev–Trinajstić information content (AvgIpc) is 2.00. The van der Waals surface area contributed by atoms with Crippen LogP contribution in [-0.4, -0.2) is 13.1 Å². The minimum Gasteiger partial charge on any atom is -0.397 e. The molecule has 1 aromatic carbocycles. The number of benzene rings is 1. The molecule has 3 heteroatoms. The largest absolute Gasteiger partial charge is 0.397 e. The van der Waals surface area contributed by atoms with Crippen LogP contribution in [0.2, 0.25) is 0 Å². The Morgan fingerprint density at radius 2 is 2.14 bits per heavy atom. The summed E-state index contributed by atoms with van der Waals surface area (Å²) in [7, 11) is 2.14. The molecule has 1 aromatic rings. The van der Waals surface area contributed by atoms with E-state index in [0.29, 0.717) is 6.04 Å². The Kier molecular flexibility index (Phi) is 2.85. The van der Waals surface area contributed by atoms with Crippen molar-refractivity contribution >= 4 is 34.0 Å². The van der Waals surface area contributed by atoms with Crippen LogP contribution < -0.4 is 10.6 Å². The lowest BCUT2D eigenvalue weighted by atomic mass is 9.91. The van der Waals surface area contributed by atoms with E-state index in [2.05, 4.69) is 46.7 Å². The molecule has 0 saturated heterocycles. The third kappa shape index (κ3) is 1.82. The Morgan fingerprint density at radius 3 is 2.64 bits per heavy atom. The molecular formula is C11H15IN2. The van der Waals surface area contributed by atoms with Crippen LogP contribution in [0.5, 0.6) is 0 Å². The molecular weight excluding hydrogens is 287 g/mol. The highest BCUT2D eigenvalue weighted by Gasteiger charge is 2.23. The molecule has 0 heterocycles. The second-order valence-electron chi connectivity index (χ2n) is 3.90. The van der Waals surface area contributed by atoms with Crippen LogP contribution in [-0.2, 0) is 0 Å². The van der Waals surface area contributed by atoms with Crippen molar-refractivity contribution in [1.82, 2.24) is 0 Å². The highest BCUT2D eigenvalue weighted by molar-refractivity contribution is 14.1. The van der Waals surface area contributed by atoms with Gasteiger partial charge in [0.15, 0.2) is 0 Å². The first-order valence-corrected chi connectivity index (χ1v) is 6.04. The number of nitrogen functional groups attached to an aromatic ring is 1. The van der Waals surface area contributed by atoms with E-state index in [-0.39, 0.29) is 0 Å². The monoisotopic (exact) mass is 302 g/mol. The molecule has 0 unspecified atom stereocenters. The van der Waals surface area contributed by atoms with E-state index in [4.69, 9.17) is 5.73 Å². The lowest BCUT2D eigenvalue weighted by molar-refractivity contribution is 0.401. The van der Waals surface area contributed by atoms with Crippen LogP contribution in [0.1, 0.15) is 19.3 Å². The molecule has 1 fully saturated rings. The minimum atomic E-state index is 0.706. The first kappa shape index (κ1) is 10.1. The van der Waals surface area contributed by atoms with Crippen molar-refractivity contribution in [2.24, 2.45) is 0 Å². The van der Waals surface area contributed by atoms with E-state index in [1.165, 1.54) is 28.5 Å². The summed E-state index contributed by atoms with van der Waals surface area (Å²) >= 11 is 2.29. The van der Waals surface area contributed by atoms with Gasteiger partial charge in [-0.2, -0.15) is 0 Å². The van der Waals surface area contributed by atoms with Crippen LogP contribution in [0, 0.1) is 3.57 Å². The normalized spacial score (nSPS) is 16.4. The summed E-state index contributed by atoms with van der Waals surface area (Å²) in [6, 6.07) is 6.97. The van der Waals surface area contributed by atoms with Crippen LogP contribution in [0.4, 0.5) is 11.4 Å². The van der Waals surface area contributed by atoms with E-state index in [0.717, 1.165) is 5.69 Å². The molecule has 1 saturated carbocycles. The van der Waals surface area contributed by atoms with Crippen molar-refractivity contribution in [3.8, 4) is 0 Å². The molecule has 0 spiro atoms. The van der Waals surface area contributed by atoms with Crippen LogP contribution in [0.3, 0.4) is 0 Å². The Labute approximate surface area is 98.6 Å². The first-order valence-electron chi connectivity index (χ1n) is 4.96. The van der Waals surface area contributed by atoms with Crippen LogP contribution in [0.25, 0.3) is 0 Å². The first-order chi connectivity index (χ1) is 6.68. The number of nitrogens with two attached hydrogens (primary N) is 1. The van der Waals surface area contributed by atoms with E-state index >= 15 is 0 Å². The molecule has 0 aliphatic heterocycles. The SMILES string of the molecule is CN(c1ccc(I)cc1N)C1CCC1. The third-order valence-electron chi connectivity index (χ3n) is 2.99. The highest BCUT2D eigenvalue weighted by atomic mass is 127. The topological polar surface area (TPSA) is 29.3 Å². The molecule has 0 amide bonds. The predicted octanol–water partition coefficient (Wildman–Crippen LogP) is 2.86. The maximum atomic E-state index is 5.99. The number of hydrogen-bond donors (Lipinski definition) is 1. The van der Waals surface area contributed by atoms with E-state index in [9.17, 15) is 0 Å². The van der Waals surface area contributed by atoms with Crippen molar-refractivity contribution in [2.75, 3.05) is 17.7 Å². The van der Waals surface area contributed by atoms with Crippen molar-refractivity contribution in [3.63, 3.8) is 0 Å². The van der Waals surface area contributed by atoms with Gasteiger partial charge in [0, 0.05) is 16.7 Å². The Bertz CT molecular complexity index is 334. The molecule has 2 rings (SSSR count). The summed E-state index contributed by atoms with van der Waals surface area (Å²) in [5.74, 6) is 0. The second kappa shape index (κ2) is 3.96. The summed E-state index contributed by atoms with van der Waals surface area (Å²) in [5.41, 5.74) is 8.06. The molecule has 0 aromatic heterocycles. The number of anilines is 2. The fourth-order valence-corrected chi connectivity index (χ4v) is 2.33. The Balaban J connectivity index is 2.22. The van der Waals surface area contributed by atoms with Gasteiger partial charge in [-0.15, -0.1) is 0 Å². The predicted molar refractivity (Wildman–Crippen MR) is 69.6 cm³/mol. The number of rotatable bonds is 2. The zero-order chi connectivity index (χ0) is 10.1. The molecule has 0 radical (unpaired) electrons. The average molecular weight is 302 g/mol. The van der Waals surface area contributed by atoms with Gasteiger partial charge >= 0.3 is 0 Å². The van der Waals surface area contributed by atoms with Crippen molar-refractivity contribution in [2.45, 2.75) is 25.3 Å². The number of halogens is 1. The van der Waals surface area contributed by atoms with Crippen LogP contribution in [0.15, 0.2) is 18.2 Å². The van der Waals surface area contributed by atoms with E-state index in [1.54, 1.807) is 0 Å². The zero-order valence-electron chi connectivity index (χ0n) is 8.33. The zero-order valence-corrected chi connectivity index (χ0v) is 10.5. The van der Waals surface area contributed by atoms with Gasteiger partial charge in [0.1, 0.15) is 0 Å². The van der Waals surface area contributed by atoms with Gasteiger partial charge < -0.3 is 10.6 Å². The van der Waals surface area contributed by atoms with E-state index < -0.39 is 0 Å². The number of nitrogens with zero attached hydrogens (tertiary/aromatic N) is 1. The lowest BCUT2D eigenvalue weighted by Crippen LogP contribution is -2.37. The molecule has 0 bridgehead atoms. The van der Waals surface area contributed by atoms with Crippen molar-refractivity contribution in [1.29, 1.82) is 0 Å². The smallest absolute Gasteiger partial charge is 0.0600 e.